The smallest absolute Gasteiger partial charge is 0.0120 e. The van der Waals surface area contributed by atoms with Crippen LogP contribution in [0.2, 0.25) is 0 Å². The summed E-state index contributed by atoms with van der Waals surface area (Å²) in [6.45, 7) is 15.8. The molecule has 1 atom stereocenters. The quantitative estimate of drug-likeness (QED) is 0.702. The van der Waals surface area contributed by atoms with Gasteiger partial charge >= 0.3 is 0 Å². The molecule has 120 valence electrons. The van der Waals surface area contributed by atoms with Gasteiger partial charge < -0.3 is 10.2 Å². The van der Waals surface area contributed by atoms with E-state index in [0.717, 1.165) is 26.1 Å². The summed E-state index contributed by atoms with van der Waals surface area (Å²) in [6, 6.07) is 7.41. The molecule has 21 heavy (non-hydrogen) atoms. The van der Waals surface area contributed by atoms with Crippen molar-refractivity contribution in [1.82, 2.24) is 10.2 Å². The van der Waals surface area contributed by atoms with Crippen LogP contribution in [0.25, 0.3) is 0 Å². The van der Waals surface area contributed by atoms with E-state index in [1.807, 2.05) is 0 Å². The standard InChI is InChI=1S/C19H34N2/c1-6-12-20-19(11-13-21(7-2)8-3)15-18-14-16(4)9-10-17(18)5/h9-10,14,19-20H,6-8,11-13,15H2,1-5H3. The van der Waals surface area contributed by atoms with Crippen LogP contribution in [0.1, 0.15) is 50.3 Å². The highest BCUT2D eigenvalue weighted by molar-refractivity contribution is 5.31. The molecule has 0 bridgehead atoms. The lowest BCUT2D eigenvalue weighted by Crippen LogP contribution is -2.36. The molecule has 0 aliphatic carbocycles. The zero-order chi connectivity index (χ0) is 15.7. The summed E-state index contributed by atoms with van der Waals surface area (Å²) in [5.41, 5.74) is 4.29. The van der Waals surface area contributed by atoms with Gasteiger partial charge in [-0.15, -0.1) is 0 Å². The minimum Gasteiger partial charge on any atom is -0.314 e. The predicted molar refractivity (Wildman–Crippen MR) is 94.1 cm³/mol. The zero-order valence-corrected chi connectivity index (χ0v) is 14.7. The van der Waals surface area contributed by atoms with E-state index >= 15 is 0 Å². The monoisotopic (exact) mass is 290 g/mol. The first kappa shape index (κ1) is 18.2. The van der Waals surface area contributed by atoms with Crippen LogP contribution in [0.5, 0.6) is 0 Å². The number of hydrogen-bond donors (Lipinski definition) is 1. The molecule has 1 rings (SSSR count). The number of rotatable bonds is 10. The third-order valence-electron chi connectivity index (χ3n) is 4.34. The Kier molecular flexibility index (Phi) is 8.63. The molecule has 0 aliphatic rings. The van der Waals surface area contributed by atoms with E-state index < -0.39 is 0 Å². The molecule has 2 nitrogen and oxygen atoms in total. The second-order valence-corrected chi connectivity index (χ2v) is 6.10. The molecule has 0 radical (unpaired) electrons. The Morgan fingerprint density at radius 1 is 1.10 bits per heavy atom. The molecule has 0 spiro atoms. The van der Waals surface area contributed by atoms with Gasteiger partial charge in [0.15, 0.2) is 0 Å². The van der Waals surface area contributed by atoms with Gasteiger partial charge in [0.2, 0.25) is 0 Å². The third-order valence-corrected chi connectivity index (χ3v) is 4.34. The predicted octanol–water partition coefficient (Wildman–Crippen LogP) is 3.95. The van der Waals surface area contributed by atoms with Gasteiger partial charge in [0.05, 0.1) is 0 Å². The molecule has 1 aromatic rings. The van der Waals surface area contributed by atoms with Crippen LogP contribution in [0.15, 0.2) is 18.2 Å². The van der Waals surface area contributed by atoms with Crippen molar-refractivity contribution < 1.29 is 0 Å². The summed E-state index contributed by atoms with van der Waals surface area (Å²) in [4.78, 5) is 2.52. The van der Waals surface area contributed by atoms with Crippen molar-refractivity contribution in [2.75, 3.05) is 26.2 Å². The van der Waals surface area contributed by atoms with Gasteiger partial charge in [0, 0.05) is 6.04 Å². The molecule has 1 aromatic carbocycles. The van der Waals surface area contributed by atoms with E-state index in [0.29, 0.717) is 6.04 Å². The average Bonchev–Trinajstić information content (AvgIpc) is 2.49. The molecule has 2 heteroatoms. The van der Waals surface area contributed by atoms with Crippen molar-refractivity contribution in [3.63, 3.8) is 0 Å². The Balaban J connectivity index is 2.66. The Hall–Kier alpha value is -0.860. The van der Waals surface area contributed by atoms with Gasteiger partial charge in [-0.25, -0.2) is 0 Å². The van der Waals surface area contributed by atoms with Gasteiger partial charge in [-0.05, 0) is 70.4 Å². The highest BCUT2D eigenvalue weighted by Crippen LogP contribution is 2.14. The SMILES string of the molecule is CCCNC(CCN(CC)CC)Cc1cc(C)ccc1C. The highest BCUT2D eigenvalue weighted by atomic mass is 15.1. The van der Waals surface area contributed by atoms with E-state index in [9.17, 15) is 0 Å². The van der Waals surface area contributed by atoms with E-state index in [1.165, 1.54) is 36.1 Å². The lowest BCUT2D eigenvalue weighted by Gasteiger charge is -2.24. The maximum absolute atomic E-state index is 3.74. The number of hydrogen-bond acceptors (Lipinski definition) is 2. The molecule has 0 fully saturated rings. The van der Waals surface area contributed by atoms with E-state index in [2.05, 4.69) is 63.0 Å². The normalized spacial score (nSPS) is 12.9. The van der Waals surface area contributed by atoms with Crippen molar-refractivity contribution >= 4 is 0 Å². The second-order valence-electron chi connectivity index (χ2n) is 6.10. The molecule has 0 aliphatic heterocycles. The van der Waals surface area contributed by atoms with E-state index in [4.69, 9.17) is 0 Å². The number of nitrogens with one attached hydrogen (secondary N) is 1. The van der Waals surface area contributed by atoms with Gasteiger partial charge in [-0.2, -0.15) is 0 Å². The first-order chi connectivity index (χ1) is 10.1. The van der Waals surface area contributed by atoms with Gasteiger partial charge in [-0.1, -0.05) is 44.5 Å². The zero-order valence-electron chi connectivity index (χ0n) is 14.7. The van der Waals surface area contributed by atoms with Crippen LogP contribution >= 0.6 is 0 Å². The van der Waals surface area contributed by atoms with Gasteiger partial charge in [-0.3, -0.25) is 0 Å². The van der Waals surface area contributed by atoms with Crippen molar-refractivity contribution in [2.45, 2.75) is 59.9 Å². The van der Waals surface area contributed by atoms with E-state index in [-0.39, 0.29) is 0 Å². The van der Waals surface area contributed by atoms with Crippen LogP contribution in [0, 0.1) is 13.8 Å². The Morgan fingerprint density at radius 2 is 1.81 bits per heavy atom. The minimum atomic E-state index is 0.589. The molecule has 1 unspecified atom stereocenters. The third kappa shape index (κ3) is 6.62. The fraction of sp³-hybridized carbons (Fsp3) is 0.684. The van der Waals surface area contributed by atoms with Crippen LogP contribution < -0.4 is 5.32 Å². The molecular formula is C19H34N2. The molecule has 0 saturated heterocycles. The van der Waals surface area contributed by atoms with Crippen LogP contribution in [0.3, 0.4) is 0 Å². The largest absolute Gasteiger partial charge is 0.314 e. The van der Waals surface area contributed by atoms with Crippen molar-refractivity contribution in [2.24, 2.45) is 0 Å². The summed E-state index contributed by atoms with van der Waals surface area (Å²) in [5.74, 6) is 0. The Labute approximate surface area is 131 Å². The van der Waals surface area contributed by atoms with Crippen molar-refractivity contribution in [1.29, 1.82) is 0 Å². The Morgan fingerprint density at radius 3 is 2.43 bits per heavy atom. The lowest BCUT2D eigenvalue weighted by atomic mass is 9.97. The number of aryl methyl sites for hydroxylation is 2. The first-order valence-electron chi connectivity index (χ1n) is 8.62. The van der Waals surface area contributed by atoms with Crippen molar-refractivity contribution in [3.8, 4) is 0 Å². The molecule has 0 saturated carbocycles. The maximum Gasteiger partial charge on any atom is 0.0120 e. The summed E-state index contributed by atoms with van der Waals surface area (Å²) in [7, 11) is 0. The Bertz CT molecular complexity index is 397. The molecule has 0 aromatic heterocycles. The highest BCUT2D eigenvalue weighted by Gasteiger charge is 2.12. The topological polar surface area (TPSA) is 15.3 Å². The summed E-state index contributed by atoms with van der Waals surface area (Å²) >= 11 is 0. The van der Waals surface area contributed by atoms with Crippen LogP contribution in [-0.4, -0.2) is 37.1 Å². The minimum absolute atomic E-state index is 0.589. The summed E-state index contributed by atoms with van der Waals surface area (Å²) in [6.07, 6.45) is 3.58. The summed E-state index contributed by atoms with van der Waals surface area (Å²) < 4.78 is 0. The number of nitrogens with zero attached hydrogens (tertiary/aromatic N) is 1. The average molecular weight is 290 g/mol. The van der Waals surface area contributed by atoms with Gasteiger partial charge in [0.25, 0.3) is 0 Å². The molecule has 1 N–H and O–H groups in total. The fourth-order valence-electron chi connectivity index (χ4n) is 2.79. The van der Waals surface area contributed by atoms with E-state index in [1.54, 1.807) is 0 Å². The van der Waals surface area contributed by atoms with Crippen LogP contribution in [-0.2, 0) is 6.42 Å². The van der Waals surface area contributed by atoms with Gasteiger partial charge in [0.1, 0.15) is 0 Å². The lowest BCUT2D eigenvalue weighted by molar-refractivity contribution is 0.280. The maximum atomic E-state index is 3.74. The van der Waals surface area contributed by atoms with Crippen LogP contribution in [0.4, 0.5) is 0 Å². The first-order valence-corrected chi connectivity index (χ1v) is 8.62. The molecular weight excluding hydrogens is 256 g/mol. The molecule has 0 amide bonds. The summed E-state index contributed by atoms with van der Waals surface area (Å²) in [5, 5.41) is 3.74. The molecule has 0 heterocycles. The van der Waals surface area contributed by atoms with Crippen molar-refractivity contribution in [3.05, 3.63) is 34.9 Å². The second kappa shape index (κ2) is 9.97. The number of benzene rings is 1. The fourth-order valence-corrected chi connectivity index (χ4v) is 2.79.